The smallest absolute Gasteiger partial charge is 0.191 e. The van der Waals surface area contributed by atoms with E-state index in [0.29, 0.717) is 25.6 Å². The molecule has 1 heterocycles. The second-order valence-electron chi connectivity index (χ2n) is 6.32. The predicted octanol–water partition coefficient (Wildman–Crippen LogP) is 4.68. The molecule has 2 N–H and O–H groups in total. The average Bonchev–Trinajstić information content (AvgIpc) is 3.12. The van der Waals surface area contributed by atoms with Gasteiger partial charge in [0, 0.05) is 18.5 Å². The molecule has 150 valence electrons. The molecule has 2 aromatic rings. The number of hydrogen-bond acceptors (Lipinski definition) is 4. The van der Waals surface area contributed by atoms with Crippen molar-refractivity contribution in [3.63, 3.8) is 0 Å². The zero-order valence-corrected chi connectivity index (χ0v) is 19.8. The molecule has 0 saturated heterocycles. The lowest BCUT2D eigenvalue weighted by Gasteiger charge is -2.10. The van der Waals surface area contributed by atoms with Gasteiger partial charge < -0.3 is 15.4 Å². The van der Waals surface area contributed by atoms with Crippen molar-refractivity contribution >= 4 is 41.3 Å². The maximum atomic E-state index is 5.43. The van der Waals surface area contributed by atoms with Gasteiger partial charge in [0.1, 0.15) is 5.01 Å². The van der Waals surface area contributed by atoms with Crippen LogP contribution in [0.5, 0.6) is 0 Å². The molecule has 0 amide bonds. The van der Waals surface area contributed by atoms with Gasteiger partial charge in [0.05, 0.1) is 25.4 Å². The zero-order chi connectivity index (χ0) is 18.8. The molecule has 7 heteroatoms. The van der Waals surface area contributed by atoms with Gasteiger partial charge in [0.25, 0.3) is 0 Å². The summed E-state index contributed by atoms with van der Waals surface area (Å²) in [4.78, 5) is 9.33. The van der Waals surface area contributed by atoms with Crippen molar-refractivity contribution in [2.45, 2.75) is 53.3 Å². The van der Waals surface area contributed by atoms with Crippen LogP contribution in [0.25, 0.3) is 0 Å². The van der Waals surface area contributed by atoms with Gasteiger partial charge in [-0.15, -0.1) is 35.3 Å². The standard InChI is InChI=1S/C20H30N4OS.HI/c1-5-21-20(23-12-19-24-18(14-26-19)15(3)4)22-11-16-7-9-17(10-8-16)13-25-6-2;/h7-10,14-15H,5-6,11-13H2,1-4H3,(H2,21,22,23);1H. The van der Waals surface area contributed by atoms with E-state index in [1.54, 1.807) is 11.3 Å². The molecule has 0 aliphatic carbocycles. The summed E-state index contributed by atoms with van der Waals surface area (Å²) >= 11 is 1.69. The summed E-state index contributed by atoms with van der Waals surface area (Å²) < 4.78 is 5.43. The van der Waals surface area contributed by atoms with Gasteiger partial charge in [0.15, 0.2) is 5.96 Å². The number of guanidine groups is 1. The van der Waals surface area contributed by atoms with Crippen LogP contribution in [0, 0.1) is 0 Å². The minimum Gasteiger partial charge on any atom is -0.377 e. The Kier molecular flexibility index (Phi) is 11.5. The fourth-order valence-corrected chi connectivity index (χ4v) is 3.20. The van der Waals surface area contributed by atoms with Gasteiger partial charge in [-0.2, -0.15) is 0 Å². The second kappa shape index (κ2) is 13.1. The first kappa shape index (κ1) is 23.8. The zero-order valence-electron chi connectivity index (χ0n) is 16.6. The first-order valence-electron chi connectivity index (χ1n) is 9.24. The van der Waals surface area contributed by atoms with Gasteiger partial charge in [-0.3, -0.25) is 0 Å². The van der Waals surface area contributed by atoms with Gasteiger partial charge in [-0.1, -0.05) is 38.1 Å². The van der Waals surface area contributed by atoms with Gasteiger partial charge in [-0.25, -0.2) is 9.98 Å². The number of nitrogens with one attached hydrogen (secondary N) is 2. The lowest BCUT2D eigenvalue weighted by molar-refractivity contribution is 0.134. The molecular formula is C20H31IN4OS. The summed E-state index contributed by atoms with van der Waals surface area (Å²) in [7, 11) is 0. The summed E-state index contributed by atoms with van der Waals surface area (Å²) in [5.74, 6) is 1.28. The van der Waals surface area contributed by atoms with Crippen molar-refractivity contribution in [1.29, 1.82) is 0 Å². The van der Waals surface area contributed by atoms with Crippen molar-refractivity contribution in [2.24, 2.45) is 4.99 Å². The van der Waals surface area contributed by atoms with E-state index in [9.17, 15) is 0 Å². The van der Waals surface area contributed by atoms with Crippen molar-refractivity contribution in [3.8, 4) is 0 Å². The third-order valence-electron chi connectivity index (χ3n) is 3.83. The largest absolute Gasteiger partial charge is 0.377 e. The topological polar surface area (TPSA) is 58.5 Å². The fraction of sp³-hybridized carbons (Fsp3) is 0.500. The van der Waals surface area contributed by atoms with E-state index < -0.39 is 0 Å². The molecule has 0 bridgehead atoms. The van der Waals surface area contributed by atoms with E-state index in [1.165, 1.54) is 11.1 Å². The highest BCUT2D eigenvalue weighted by atomic mass is 127. The van der Waals surface area contributed by atoms with Crippen LogP contribution >= 0.6 is 35.3 Å². The van der Waals surface area contributed by atoms with E-state index >= 15 is 0 Å². The van der Waals surface area contributed by atoms with Crippen LogP contribution in [-0.4, -0.2) is 24.1 Å². The monoisotopic (exact) mass is 502 g/mol. The van der Waals surface area contributed by atoms with E-state index in [1.807, 2.05) is 6.92 Å². The predicted molar refractivity (Wildman–Crippen MR) is 125 cm³/mol. The molecule has 2 rings (SSSR count). The van der Waals surface area contributed by atoms with Gasteiger partial charge in [-0.05, 0) is 30.9 Å². The first-order valence-corrected chi connectivity index (χ1v) is 10.1. The van der Waals surface area contributed by atoms with Crippen LogP contribution in [0.3, 0.4) is 0 Å². The van der Waals surface area contributed by atoms with Crippen LogP contribution in [-0.2, 0) is 24.4 Å². The van der Waals surface area contributed by atoms with Gasteiger partial charge in [0.2, 0.25) is 0 Å². The SMILES string of the molecule is CCNC(=NCc1ccc(COCC)cc1)NCc1nc(C(C)C)cs1.I. The molecule has 0 radical (unpaired) electrons. The second-order valence-corrected chi connectivity index (χ2v) is 7.27. The Morgan fingerprint density at radius 2 is 1.85 bits per heavy atom. The minimum atomic E-state index is 0. The Morgan fingerprint density at radius 3 is 2.44 bits per heavy atom. The molecule has 0 aliphatic rings. The van der Waals surface area contributed by atoms with Crippen LogP contribution < -0.4 is 10.6 Å². The Balaban J connectivity index is 0.00000364. The summed E-state index contributed by atoms with van der Waals surface area (Å²) in [5.41, 5.74) is 3.52. The summed E-state index contributed by atoms with van der Waals surface area (Å²) in [5, 5.41) is 9.87. The van der Waals surface area contributed by atoms with Gasteiger partial charge >= 0.3 is 0 Å². The number of hydrogen-bond donors (Lipinski definition) is 2. The quantitative estimate of drug-likeness (QED) is 0.297. The highest BCUT2D eigenvalue weighted by Gasteiger charge is 2.06. The molecule has 27 heavy (non-hydrogen) atoms. The van der Waals surface area contributed by atoms with Crippen molar-refractivity contribution < 1.29 is 4.74 Å². The number of ether oxygens (including phenoxy) is 1. The number of nitrogens with zero attached hydrogens (tertiary/aromatic N) is 2. The molecule has 0 atom stereocenters. The lowest BCUT2D eigenvalue weighted by Crippen LogP contribution is -2.36. The molecule has 0 unspecified atom stereocenters. The molecule has 1 aromatic heterocycles. The summed E-state index contributed by atoms with van der Waals surface area (Å²) in [6.07, 6.45) is 0. The third kappa shape index (κ3) is 8.57. The van der Waals surface area contributed by atoms with E-state index in [0.717, 1.165) is 29.8 Å². The fourth-order valence-electron chi connectivity index (χ4n) is 2.30. The number of halogens is 1. The molecule has 0 spiro atoms. The Labute approximate surface area is 184 Å². The summed E-state index contributed by atoms with van der Waals surface area (Å²) in [6.45, 7) is 12.0. The maximum Gasteiger partial charge on any atom is 0.191 e. The molecule has 0 aliphatic heterocycles. The molecule has 5 nitrogen and oxygen atoms in total. The number of thiazole rings is 1. The van der Waals surface area contributed by atoms with E-state index in [4.69, 9.17) is 4.74 Å². The van der Waals surface area contributed by atoms with E-state index in [2.05, 4.69) is 71.0 Å². The van der Waals surface area contributed by atoms with E-state index in [-0.39, 0.29) is 24.0 Å². The molecular weight excluding hydrogens is 471 g/mol. The third-order valence-corrected chi connectivity index (χ3v) is 4.69. The number of rotatable bonds is 9. The number of benzene rings is 1. The van der Waals surface area contributed by atoms with Crippen molar-refractivity contribution in [2.75, 3.05) is 13.2 Å². The average molecular weight is 502 g/mol. The van der Waals surface area contributed by atoms with Crippen LogP contribution in [0.2, 0.25) is 0 Å². The van der Waals surface area contributed by atoms with Crippen molar-refractivity contribution in [1.82, 2.24) is 15.6 Å². The summed E-state index contributed by atoms with van der Waals surface area (Å²) in [6, 6.07) is 8.42. The molecule has 1 aromatic carbocycles. The van der Waals surface area contributed by atoms with Crippen LogP contribution in [0.15, 0.2) is 34.6 Å². The molecule has 0 saturated carbocycles. The Bertz CT molecular complexity index is 686. The lowest BCUT2D eigenvalue weighted by atomic mass is 10.1. The first-order chi connectivity index (χ1) is 12.6. The molecule has 0 fully saturated rings. The number of aromatic nitrogens is 1. The van der Waals surface area contributed by atoms with Crippen LogP contribution in [0.4, 0.5) is 0 Å². The highest BCUT2D eigenvalue weighted by molar-refractivity contribution is 14.0. The normalized spacial score (nSPS) is 11.4. The Hall–Kier alpha value is -1.19. The van der Waals surface area contributed by atoms with Crippen molar-refractivity contribution in [3.05, 3.63) is 51.5 Å². The Morgan fingerprint density at radius 1 is 1.15 bits per heavy atom. The van der Waals surface area contributed by atoms with Crippen LogP contribution in [0.1, 0.15) is 55.4 Å². The minimum absolute atomic E-state index is 0. The number of aliphatic imine (C=N–C) groups is 1. The maximum absolute atomic E-state index is 5.43. The highest BCUT2D eigenvalue weighted by Crippen LogP contribution is 2.17.